The van der Waals surface area contributed by atoms with E-state index in [4.69, 9.17) is 0 Å². The van der Waals surface area contributed by atoms with Gasteiger partial charge in [-0.2, -0.15) is 15.4 Å². The molecule has 1 amide bonds. The second-order valence-electron chi connectivity index (χ2n) is 6.69. The van der Waals surface area contributed by atoms with Crippen LogP contribution in [0, 0.1) is 5.82 Å². The van der Waals surface area contributed by atoms with Crippen molar-refractivity contribution in [1.29, 1.82) is 0 Å². The van der Waals surface area contributed by atoms with Gasteiger partial charge in [-0.25, -0.2) is 4.39 Å². The zero-order chi connectivity index (χ0) is 19.0. The average molecular weight is 369 g/mol. The fourth-order valence-corrected chi connectivity index (χ4v) is 3.35. The van der Waals surface area contributed by atoms with Crippen LogP contribution in [-0.4, -0.2) is 57.5 Å². The maximum Gasteiger partial charge on any atom is 0.254 e. The molecule has 0 saturated carbocycles. The summed E-state index contributed by atoms with van der Waals surface area (Å²) in [5.41, 5.74) is 2.98. The van der Waals surface area contributed by atoms with Crippen LogP contribution in [-0.2, 0) is 0 Å². The highest BCUT2D eigenvalue weighted by molar-refractivity contribution is 5.97. The smallest absolute Gasteiger partial charge is 0.254 e. The summed E-state index contributed by atoms with van der Waals surface area (Å²) in [5.74, 6) is -0.422. The highest BCUT2D eigenvalue weighted by Crippen LogP contribution is 2.25. The molecule has 2 aromatic carbocycles. The fraction of sp³-hybridized carbons (Fsp3) is 0.316. The number of aliphatic hydroxyl groups excluding tert-OH is 1. The van der Waals surface area contributed by atoms with Crippen molar-refractivity contribution in [3.8, 4) is 0 Å². The summed E-state index contributed by atoms with van der Waals surface area (Å²) in [6.07, 6.45) is -0.704. The zero-order valence-corrected chi connectivity index (χ0v) is 14.9. The van der Waals surface area contributed by atoms with Gasteiger partial charge in [0.05, 0.1) is 11.8 Å². The molecule has 27 heavy (non-hydrogen) atoms. The van der Waals surface area contributed by atoms with Crippen LogP contribution in [0.25, 0.3) is 11.0 Å². The van der Waals surface area contributed by atoms with E-state index >= 15 is 0 Å². The fourth-order valence-electron chi connectivity index (χ4n) is 3.35. The first kappa shape index (κ1) is 17.4. The number of piperazine rings is 1. The van der Waals surface area contributed by atoms with Crippen LogP contribution in [0.5, 0.6) is 0 Å². The summed E-state index contributed by atoms with van der Waals surface area (Å²) >= 11 is 0. The molecule has 140 valence electrons. The summed E-state index contributed by atoms with van der Waals surface area (Å²) in [6.45, 7) is 3.71. The number of anilines is 1. The normalized spacial score (nSPS) is 16.0. The van der Waals surface area contributed by atoms with E-state index in [0.717, 1.165) is 0 Å². The Kier molecular flexibility index (Phi) is 4.49. The summed E-state index contributed by atoms with van der Waals surface area (Å²) in [6, 6.07) is 10.0. The van der Waals surface area contributed by atoms with Gasteiger partial charge >= 0.3 is 0 Å². The van der Waals surface area contributed by atoms with Gasteiger partial charge in [0.2, 0.25) is 0 Å². The number of amides is 1. The lowest BCUT2D eigenvalue weighted by atomic mass is 10.1. The Morgan fingerprint density at radius 3 is 2.56 bits per heavy atom. The second-order valence-corrected chi connectivity index (χ2v) is 6.69. The first-order chi connectivity index (χ1) is 13.0. The number of hydrogen-bond donors (Lipinski definition) is 2. The third-order valence-electron chi connectivity index (χ3n) is 4.92. The number of hydrogen-bond acceptors (Lipinski definition) is 5. The first-order valence-corrected chi connectivity index (χ1v) is 8.85. The molecule has 3 aromatic rings. The van der Waals surface area contributed by atoms with Crippen molar-refractivity contribution in [2.75, 3.05) is 31.1 Å². The maximum atomic E-state index is 14.4. The Bertz CT molecular complexity index is 979. The third-order valence-corrected chi connectivity index (χ3v) is 4.92. The molecule has 1 aliphatic heterocycles. The minimum Gasteiger partial charge on any atom is -0.389 e. The quantitative estimate of drug-likeness (QED) is 0.739. The van der Waals surface area contributed by atoms with Gasteiger partial charge in [0.25, 0.3) is 5.91 Å². The Labute approximate surface area is 155 Å². The highest BCUT2D eigenvalue weighted by Gasteiger charge is 2.24. The van der Waals surface area contributed by atoms with Crippen LogP contribution >= 0.6 is 0 Å². The number of nitrogens with one attached hydrogen (secondary N) is 1. The van der Waals surface area contributed by atoms with Gasteiger partial charge in [-0.3, -0.25) is 4.79 Å². The van der Waals surface area contributed by atoms with Crippen molar-refractivity contribution in [2.24, 2.45) is 0 Å². The van der Waals surface area contributed by atoms with Crippen LogP contribution in [0.2, 0.25) is 0 Å². The van der Waals surface area contributed by atoms with Crippen LogP contribution < -0.4 is 4.90 Å². The minimum absolute atomic E-state index is 0.0653. The molecule has 1 aromatic heterocycles. The molecule has 1 unspecified atom stereocenters. The van der Waals surface area contributed by atoms with Crippen molar-refractivity contribution in [3.05, 3.63) is 53.3 Å². The van der Waals surface area contributed by atoms with Crippen molar-refractivity contribution in [2.45, 2.75) is 13.0 Å². The van der Waals surface area contributed by atoms with Crippen molar-refractivity contribution < 1.29 is 14.3 Å². The van der Waals surface area contributed by atoms with Gasteiger partial charge in [-0.1, -0.05) is 6.07 Å². The predicted octanol–water partition coefficient (Wildman–Crippen LogP) is 2.11. The Balaban J connectivity index is 1.44. The molecular formula is C19H20FN5O2. The maximum absolute atomic E-state index is 14.4. The van der Waals surface area contributed by atoms with Crippen molar-refractivity contribution >= 4 is 22.6 Å². The largest absolute Gasteiger partial charge is 0.389 e. The Hall–Kier alpha value is -3.00. The molecule has 1 saturated heterocycles. The van der Waals surface area contributed by atoms with Crippen molar-refractivity contribution in [1.82, 2.24) is 20.3 Å². The van der Waals surface area contributed by atoms with Crippen LogP contribution in [0.4, 0.5) is 10.1 Å². The van der Waals surface area contributed by atoms with Crippen molar-refractivity contribution in [3.63, 3.8) is 0 Å². The second kappa shape index (κ2) is 6.96. The van der Waals surface area contributed by atoms with Gasteiger partial charge < -0.3 is 14.9 Å². The molecular weight excluding hydrogens is 349 g/mol. The summed E-state index contributed by atoms with van der Waals surface area (Å²) < 4.78 is 14.4. The monoisotopic (exact) mass is 369 g/mol. The van der Waals surface area contributed by atoms with Crippen LogP contribution in [0.3, 0.4) is 0 Å². The molecule has 1 fully saturated rings. The highest BCUT2D eigenvalue weighted by atomic mass is 19.1. The molecule has 1 atom stereocenters. The Morgan fingerprint density at radius 1 is 1.11 bits per heavy atom. The zero-order valence-electron chi connectivity index (χ0n) is 14.9. The number of fused-ring (bicyclic) bond motifs is 1. The number of H-pyrrole nitrogens is 1. The van der Waals surface area contributed by atoms with E-state index in [1.807, 2.05) is 4.90 Å². The molecule has 8 heteroatoms. The number of rotatable bonds is 3. The van der Waals surface area contributed by atoms with E-state index in [1.165, 1.54) is 6.07 Å². The van der Waals surface area contributed by atoms with E-state index in [2.05, 4.69) is 15.4 Å². The number of carbonyl (C=O) groups is 1. The molecule has 0 aliphatic carbocycles. The molecule has 0 bridgehead atoms. The third kappa shape index (κ3) is 3.35. The van der Waals surface area contributed by atoms with Crippen LogP contribution in [0.1, 0.15) is 28.9 Å². The summed E-state index contributed by atoms with van der Waals surface area (Å²) in [7, 11) is 0. The lowest BCUT2D eigenvalue weighted by molar-refractivity contribution is 0.0746. The number of benzene rings is 2. The van der Waals surface area contributed by atoms with Gasteiger partial charge in [-0.05, 0) is 42.8 Å². The van der Waals surface area contributed by atoms with E-state index in [9.17, 15) is 14.3 Å². The number of nitrogens with zero attached hydrogens (tertiary/aromatic N) is 4. The van der Waals surface area contributed by atoms with Gasteiger partial charge in [0, 0.05) is 31.7 Å². The van der Waals surface area contributed by atoms with E-state index < -0.39 is 6.10 Å². The lowest BCUT2D eigenvalue weighted by Crippen LogP contribution is -2.49. The van der Waals surface area contributed by atoms with Gasteiger partial charge in [0.1, 0.15) is 16.9 Å². The average Bonchev–Trinajstić information content (AvgIpc) is 3.15. The summed E-state index contributed by atoms with van der Waals surface area (Å²) in [5, 5.41) is 20.1. The topological polar surface area (TPSA) is 85.4 Å². The minimum atomic E-state index is -0.704. The number of carbonyl (C=O) groups excluding carboxylic acids is 1. The van der Waals surface area contributed by atoms with Gasteiger partial charge in [-0.15, -0.1) is 0 Å². The number of aliphatic hydroxyl groups is 1. The van der Waals surface area contributed by atoms with E-state index in [1.54, 1.807) is 42.2 Å². The number of halogens is 1. The first-order valence-electron chi connectivity index (χ1n) is 8.85. The SMILES string of the molecule is CC(O)c1ccc(N2CCN(C(=O)c3ccc4n[nH]nc4c3)CC2)c(F)c1. The molecule has 1 aliphatic rings. The van der Waals surface area contributed by atoms with E-state index in [0.29, 0.717) is 54.0 Å². The number of aromatic amines is 1. The standard InChI is InChI=1S/C19H20FN5O2/c1-12(26)13-3-5-18(15(20)10-13)24-6-8-25(9-7-24)19(27)14-2-4-16-17(11-14)22-23-21-16/h2-5,10-12,26H,6-9H2,1H3,(H,21,22,23). The Morgan fingerprint density at radius 2 is 1.85 bits per heavy atom. The molecule has 4 rings (SSSR count). The molecule has 0 radical (unpaired) electrons. The molecule has 0 spiro atoms. The molecule has 2 heterocycles. The van der Waals surface area contributed by atoms with Crippen LogP contribution in [0.15, 0.2) is 36.4 Å². The summed E-state index contributed by atoms with van der Waals surface area (Å²) in [4.78, 5) is 16.4. The van der Waals surface area contributed by atoms with Gasteiger partial charge in [0.15, 0.2) is 0 Å². The molecule has 2 N–H and O–H groups in total. The number of aromatic nitrogens is 3. The van der Waals surface area contributed by atoms with E-state index in [-0.39, 0.29) is 11.7 Å². The predicted molar refractivity (Wildman–Crippen MR) is 99.0 cm³/mol. The lowest BCUT2D eigenvalue weighted by Gasteiger charge is -2.36. The molecule has 7 nitrogen and oxygen atoms in total.